The fourth-order valence-corrected chi connectivity index (χ4v) is 1.60. The Morgan fingerprint density at radius 3 is 2.50 bits per heavy atom. The molecule has 0 aliphatic carbocycles. The van der Waals surface area contributed by atoms with Gasteiger partial charge >= 0.3 is 0 Å². The van der Waals surface area contributed by atoms with Crippen molar-refractivity contribution >= 4 is 0 Å². The molecule has 0 radical (unpaired) electrons. The number of hydrogen-bond donors (Lipinski definition) is 1. The van der Waals surface area contributed by atoms with E-state index in [1.807, 2.05) is 6.08 Å². The molecule has 1 rings (SSSR count). The first kappa shape index (κ1) is 14.9. The minimum atomic E-state index is 0.526. The number of nitrogens with one attached hydrogen (secondary N) is 1. The second-order valence-electron chi connectivity index (χ2n) is 4.84. The molecule has 1 N–H and O–H groups in total. The fourth-order valence-electron chi connectivity index (χ4n) is 1.60. The van der Waals surface area contributed by atoms with Gasteiger partial charge in [-0.3, -0.25) is 0 Å². The third-order valence-electron chi connectivity index (χ3n) is 2.70. The first-order valence-electron chi connectivity index (χ1n) is 6.72. The van der Waals surface area contributed by atoms with Crippen LogP contribution in [0.5, 0.6) is 0 Å². The topological polar surface area (TPSA) is 21.3 Å². The highest BCUT2D eigenvalue weighted by Gasteiger charge is 1.97. The Morgan fingerprint density at radius 2 is 1.89 bits per heavy atom. The summed E-state index contributed by atoms with van der Waals surface area (Å²) in [6.45, 7) is 10.5. The SMILES string of the molecule is C=CCCCOCc1ccc(CNC(C)C)cc1. The molecule has 2 nitrogen and oxygen atoms in total. The molecule has 0 aliphatic heterocycles. The number of unbranched alkanes of at least 4 members (excludes halogenated alkanes) is 1. The van der Waals surface area contributed by atoms with Crippen molar-refractivity contribution in [2.45, 2.75) is 45.9 Å². The van der Waals surface area contributed by atoms with Gasteiger partial charge in [0.1, 0.15) is 0 Å². The van der Waals surface area contributed by atoms with Crippen molar-refractivity contribution in [3.05, 3.63) is 48.0 Å². The van der Waals surface area contributed by atoms with Crippen LogP contribution in [0.3, 0.4) is 0 Å². The third kappa shape index (κ3) is 6.58. The van der Waals surface area contributed by atoms with Gasteiger partial charge in [-0.1, -0.05) is 44.2 Å². The summed E-state index contributed by atoms with van der Waals surface area (Å²) in [5, 5.41) is 3.41. The van der Waals surface area contributed by atoms with E-state index in [-0.39, 0.29) is 0 Å². The van der Waals surface area contributed by atoms with Crippen LogP contribution in [0.15, 0.2) is 36.9 Å². The molecule has 0 fully saturated rings. The number of allylic oxidation sites excluding steroid dienone is 1. The molecule has 0 spiro atoms. The molecule has 0 aliphatic rings. The Labute approximate surface area is 111 Å². The largest absolute Gasteiger partial charge is 0.377 e. The van der Waals surface area contributed by atoms with Crippen molar-refractivity contribution in [1.82, 2.24) is 5.32 Å². The van der Waals surface area contributed by atoms with E-state index in [0.717, 1.165) is 26.0 Å². The zero-order valence-corrected chi connectivity index (χ0v) is 11.6. The van der Waals surface area contributed by atoms with E-state index >= 15 is 0 Å². The molecule has 0 heterocycles. The van der Waals surface area contributed by atoms with Gasteiger partial charge in [-0.05, 0) is 24.0 Å². The Kier molecular flexibility index (Phi) is 7.38. The van der Waals surface area contributed by atoms with E-state index in [1.54, 1.807) is 0 Å². The van der Waals surface area contributed by atoms with Gasteiger partial charge in [0.05, 0.1) is 6.61 Å². The lowest BCUT2D eigenvalue weighted by Crippen LogP contribution is -2.21. The van der Waals surface area contributed by atoms with Crippen LogP contribution >= 0.6 is 0 Å². The number of rotatable bonds is 9. The molecule has 0 atom stereocenters. The van der Waals surface area contributed by atoms with Crippen molar-refractivity contribution < 1.29 is 4.74 Å². The average molecular weight is 247 g/mol. The van der Waals surface area contributed by atoms with E-state index in [4.69, 9.17) is 4.74 Å². The predicted octanol–water partition coefficient (Wildman–Crippen LogP) is 3.67. The second-order valence-corrected chi connectivity index (χ2v) is 4.84. The van der Waals surface area contributed by atoms with E-state index in [0.29, 0.717) is 12.6 Å². The summed E-state index contributed by atoms with van der Waals surface area (Å²) < 4.78 is 5.60. The van der Waals surface area contributed by atoms with Gasteiger partial charge in [0.25, 0.3) is 0 Å². The van der Waals surface area contributed by atoms with Gasteiger partial charge in [0.15, 0.2) is 0 Å². The molecule has 0 saturated carbocycles. The average Bonchev–Trinajstić information content (AvgIpc) is 2.37. The third-order valence-corrected chi connectivity index (χ3v) is 2.70. The zero-order valence-electron chi connectivity index (χ0n) is 11.6. The number of hydrogen-bond acceptors (Lipinski definition) is 2. The van der Waals surface area contributed by atoms with Crippen molar-refractivity contribution in [2.24, 2.45) is 0 Å². The van der Waals surface area contributed by atoms with Crippen LogP contribution < -0.4 is 5.32 Å². The monoisotopic (exact) mass is 247 g/mol. The lowest BCUT2D eigenvalue weighted by Gasteiger charge is -2.09. The molecular formula is C16H25NO. The van der Waals surface area contributed by atoms with Crippen molar-refractivity contribution in [3.63, 3.8) is 0 Å². The van der Waals surface area contributed by atoms with Gasteiger partial charge in [-0.2, -0.15) is 0 Å². The highest BCUT2D eigenvalue weighted by molar-refractivity contribution is 5.21. The smallest absolute Gasteiger partial charge is 0.0716 e. The van der Waals surface area contributed by atoms with Crippen LogP contribution in [-0.4, -0.2) is 12.6 Å². The summed E-state index contributed by atoms with van der Waals surface area (Å²) in [6.07, 6.45) is 4.01. The molecule has 0 bridgehead atoms. The van der Waals surface area contributed by atoms with Gasteiger partial charge in [0.2, 0.25) is 0 Å². The second kappa shape index (κ2) is 8.90. The van der Waals surface area contributed by atoms with Gasteiger partial charge in [-0.15, -0.1) is 6.58 Å². The van der Waals surface area contributed by atoms with Crippen molar-refractivity contribution in [2.75, 3.05) is 6.61 Å². The van der Waals surface area contributed by atoms with E-state index in [2.05, 4.69) is 50.0 Å². The summed E-state index contributed by atoms with van der Waals surface area (Å²) >= 11 is 0. The summed E-state index contributed by atoms with van der Waals surface area (Å²) in [4.78, 5) is 0. The van der Waals surface area contributed by atoms with E-state index < -0.39 is 0 Å². The van der Waals surface area contributed by atoms with E-state index in [1.165, 1.54) is 11.1 Å². The van der Waals surface area contributed by atoms with Gasteiger partial charge in [0, 0.05) is 19.2 Å². The van der Waals surface area contributed by atoms with Gasteiger partial charge in [-0.25, -0.2) is 0 Å². The minimum Gasteiger partial charge on any atom is -0.377 e. The molecule has 1 aromatic rings. The summed E-state index contributed by atoms with van der Waals surface area (Å²) in [6, 6.07) is 9.14. The normalized spacial score (nSPS) is 10.8. The maximum absolute atomic E-state index is 5.60. The fraction of sp³-hybridized carbons (Fsp3) is 0.500. The Balaban J connectivity index is 2.25. The zero-order chi connectivity index (χ0) is 13.2. The molecule has 100 valence electrons. The summed E-state index contributed by atoms with van der Waals surface area (Å²) in [5.41, 5.74) is 2.56. The lowest BCUT2D eigenvalue weighted by atomic mass is 10.1. The molecular weight excluding hydrogens is 222 g/mol. The molecule has 2 heteroatoms. The maximum Gasteiger partial charge on any atom is 0.0716 e. The highest BCUT2D eigenvalue weighted by Crippen LogP contribution is 2.06. The van der Waals surface area contributed by atoms with Crippen LogP contribution in [0.2, 0.25) is 0 Å². The van der Waals surface area contributed by atoms with Gasteiger partial charge < -0.3 is 10.1 Å². The van der Waals surface area contributed by atoms with Crippen LogP contribution in [0.4, 0.5) is 0 Å². The maximum atomic E-state index is 5.60. The minimum absolute atomic E-state index is 0.526. The van der Waals surface area contributed by atoms with Crippen molar-refractivity contribution in [1.29, 1.82) is 0 Å². The quantitative estimate of drug-likeness (QED) is 0.531. The van der Waals surface area contributed by atoms with Crippen LogP contribution in [0.25, 0.3) is 0 Å². The number of ether oxygens (including phenoxy) is 1. The highest BCUT2D eigenvalue weighted by atomic mass is 16.5. The molecule has 0 unspecified atom stereocenters. The number of benzene rings is 1. The molecule has 0 amide bonds. The molecule has 0 aromatic heterocycles. The van der Waals surface area contributed by atoms with Crippen LogP contribution in [0, 0.1) is 0 Å². The summed E-state index contributed by atoms with van der Waals surface area (Å²) in [5.74, 6) is 0. The molecule has 1 aromatic carbocycles. The first-order valence-corrected chi connectivity index (χ1v) is 6.72. The first-order chi connectivity index (χ1) is 8.72. The van der Waals surface area contributed by atoms with Crippen molar-refractivity contribution in [3.8, 4) is 0 Å². The van der Waals surface area contributed by atoms with Crippen LogP contribution in [-0.2, 0) is 17.9 Å². The Morgan fingerprint density at radius 1 is 1.22 bits per heavy atom. The Hall–Kier alpha value is -1.12. The Bertz CT molecular complexity index is 329. The predicted molar refractivity (Wildman–Crippen MR) is 77.5 cm³/mol. The molecule has 18 heavy (non-hydrogen) atoms. The molecule has 0 saturated heterocycles. The summed E-state index contributed by atoms with van der Waals surface area (Å²) in [7, 11) is 0. The van der Waals surface area contributed by atoms with E-state index in [9.17, 15) is 0 Å². The standard InChI is InChI=1S/C16H25NO/c1-4-5-6-11-18-13-16-9-7-15(8-10-16)12-17-14(2)3/h4,7-10,14,17H,1,5-6,11-13H2,2-3H3. The lowest BCUT2D eigenvalue weighted by molar-refractivity contribution is 0.119. The van der Waals surface area contributed by atoms with Crippen LogP contribution in [0.1, 0.15) is 37.8 Å².